The van der Waals surface area contributed by atoms with E-state index in [-0.39, 0.29) is 10.6 Å². The summed E-state index contributed by atoms with van der Waals surface area (Å²) in [6.45, 7) is 1.02. The summed E-state index contributed by atoms with van der Waals surface area (Å²) in [5.74, 6) is -0.409. The highest BCUT2D eigenvalue weighted by molar-refractivity contribution is 7.89. The van der Waals surface area contributed by atoms with Gasteiger partial charge in [-0.3, -0.25) is 4.79 Å². The lowest BCUT2D eigenvalue weighted by Gasteiger charge is -2.26. The first-order valence-corrected chi connectivity index (χ1v) is 11.7. The lowest BCUT2D eigenvalue weighted by atomic mass is 10.2. The van der Waals surface area contributed by atoms with Crippen LogP contribution in [0.5, 0.6) is 0 Å². The van der Waals surface area contributed by atoms with Crippen LogP contribution in [0.3, 0.4) is 0 Å². The largest absolute Gasteiger partial charge is 0.321 e. The van der Waals surface area contributed by atoms with Crippen LogP contribution < -0.4 is 5.32 Å². The Hall–Kier alpha value is -3.23. The second-order valence-electron chi connectivity index (χ2n) is 7.34. The van der Waals surface area contributed by atoms with Crippen molar-refractivity contribution in [1.82, 2.24) is 14.1 Å². The van der Waals surface area contributed by atoms with Gasteiger partial charge in [-0.25, -0.2) is 13.1 Å². The molecule has 0 aliphatic carbocycles. The van der Waals surface area contributed by atoms with Crippen molar-refractivity contribution < 1.29 is 13.2 Å². The second-order valence-corrected chi connectivity index (χ2v) is 9.24. The number of carbonyl (C=O) groups is 1. The first kappa shape index (κ1) is 21.0. The summed E-state index contributed by atoms with van der Waals surface area (Å²) in [6.07, 6.45) is 9.23. The maximum absolute atomic E-state index is 13.1. The third-order valence-corrected chi connectivity index (χ3v) is 7.09. The Balaban J connectivity index is 1.48. The van der Waals surface area contributed by atoms with Crippen molar-refractivity contribution in [1.29, 1.82) is 0 Å². The number of nitrogens with zero attached hydrogens (tertiary/aromatic N) is 3. The van der Waals surface area contributed by atoms with E-state index in [2.05, 4.69) is 10.4 Å². The van der Waals surface area contributed by atoms with Crippen LogP contribution in [0.1, 0.15) is 24.8 Å². The van der Waals surface area contributed by atoms with Gasteiger partial charge in [-0.15, -0.1) is 0 Å². The van der Waals surface area contributed by atoms with Crippen molar-refractivity contribution in [2.24, 2.45) is 0 Å². The average molecular weight is 437 g/mol. The van der Waals surface area contributed by atoms with Gasteiger partial charge in [0.15, 0.2) is 0 Å². The summed E-state index contributed by atoms with van der Waals surface area (Å²) >= 11 is 0. The highest BCUT2D eigenvalue weighted by atomic mass is 32.2. The second kappa shape index (κ2) is 9.28. The zero-order valence-corrected chi connectivity index (χ0v) is 17.8. The number of piperidine rings is 1. The van der Waals surface area contributed by atoms with E-state index >= 15 is 0 Å². The molecule has 1 aliphatic heterocycles. The lowest BCUT2D eigenvalue weighted by Crippen LogP contribution is -2.36. The molecule has 8 heteroatoms. The van der Waals surface area contributed by atoms with Crippen molar-refractivity contribution in [3.8, 4) is 5.69 Å². The van der Waals surface area contributed by atoms with E-state index in [0.717, 1.165) is 30.5 Å². The zero-order valence-electron chi connectivity index (χ0n) is 17.0. The fraction of sp³-hybridized carbons (Fsp3) is 0.217. The molecule has 4 rings (SSSR count). The minimum Gasteiger partial charge on any atom is -0.321 e. The third kappa shape index (κ3) is 4.92. The van der Waals surface area contributed by atoms with E-state index < -0.39 is 15.9 Å². The van der Waals surface area contributed by atoms with E-state index in [0.29, 0.717) is 13.1 Å². The van der Waals surface area contributed by atoms with Crippen LogP contribution in [0, 0.1) is 0 Å². The number of carbonyl (C=O) groups excluding carboxylic acids is 1. The molecule has 1 N–H and O–H groups in total. The Morgan fingerprint density at radius 1 is 0.968 bits per heavy atom. The number of amides is 1. The SMILES string of the molecule is O=C(C=Cc1cnn(-c2ccccc2)c1)Nc1ccccc1S(=O)(=O)N1CCCCC1. The van der Waals surface area contributed by atoms with Crippen LogP contribution in [0.4, 0.5) is 5.69 Å². The molecule has 160 valence electrons. The number of aromatic nitrogens is 2. The van der Waals surface area contributed by atoms with Gasteiger partial charge in [-0.2, -0.15) is 9.40 Å². The maximum atomic E-state index is 13.1. The molecule has 1 amide bonds. The summed E-state index contributed by atoms with van der Waals surface area (Å²) in [6, 6.07) is 16.2. The van der Waals surface area contributed by atoms with Gasteiger partial charge in [-0.05, 0) is 43.2 Å². The molecule has 3 aromatic rings. The Morgan fingerprint density at radius 3 is 2.45 bits per heavy atom. The molecule has 1 saturated heterocycles. The predicted octanol–water partition coefficient (Wildman–Crippen LogP) is 3.70. The number of benzene rings is 2. The molecule has 0 saturated carbocycles. The smallest absolute Gasteiger partial charge is 0.248 e. The first-order chi connectivity index (χ1) is 15.0. The molecule has 2 heterocycles. The number of para-hydroxylation sites is 2. The van der Waals surface area contributed by atoms with E-state index in [9.17, 15) is 13.2 Å². The molecule has 0 spiro atoms. The Kier molecular flexibility index (Phi) is 6.29. The van der Waals surface area contributed by atoms with Gasteiger partial charge in [0, 0.05) is 30.9 Å². The van der Waals surface area contributed by atoms with Crippen LogP contribution >= 0.6 is 0 Å². The van der Waals surface area contributed by atoms with Crippen LogP contribution in [0.25, 0.3) is 11.8 Å². The number of hydrogen-bond donors (Lipinski definition) is 1. The van der Waals surface area contributed by atoms with E-state index in [1.165, 1.54) is 16.4 Å². The minimum atomic E-state index is -3.65. The normalized spacial score (nSPS) is 15.2. The molecular formula is C23H24N4O3S. The predicted molar refractivity (Wildman–Crippen MR) is 120 cm³/mol. The minimum absolute atomic E-state index is 0.121. The van der Waals surface area contributed by atoms with Crippen LogP contribution in [0.2, 0.25) is 0 Å². The number of anilines is 1. The molecule has 0 bridgehead atoms. The highest BCUT2D eigenvalue weighted by Gasteiger charge is 2.28. The van der Waals surface area contributed by atoms with Crippen LogP contribution in [-0.4, -0.2) is 41.5 Å². The Bertz CT molecular complexity index is 1180. The molecule has 0 atom stereocenters. The summed E-state index contributed by atoms with van der Waals surface area (Å²) in [5, 5.41) is 7.00. The van der Waals surface area contributed by atoms with Crippen molar-refractivity contribution in [2.45, 2.75) is 24.2 Å². The lowest BCUT2D eigenvalue weighted by molar-refractivity contribution is -0.111. The van der Waals surface area contributed by atoms with Gasteiger partial charge < -0.3 is 5.32 Å². The van der Waals surface area contributed by atoms with E-state index in [1.807, 2.05) is 36.5 Å². The molecule has 31 heavy (non-hydrogen) atoms. The standard InChI is InChI=1S/C23H24N4O3S/c28-23(14-13-19-17-24-27(18-19)20-9-3-1-4-10-20)25-21-11-5-6-12-22(21)31(29,30)26-15-7-2-8-16-26/h1,3-6,9-14,17-18H,2,7-8,15-16H2,(H,25,28). The van der Waals surface area contributed by atoms with E-state index in [4.69, 9.17) is 0 Å². The monoisotopic (exact) mass is 436 g/mol. The molecule has 1 aliphatic rings. The van der Waals surface area contributed by atoms with Gasteiger partial charge >= 0.3 is 0 Å². The summed E-state index contributed by atoms with van der Waals surface area (Å²) in [7, 11) is -3.65. The molecule has 1 aromatic heterocycles. The third-order valence-electron chi connectivity index (χ3n) is 5.13. The fourth-order valence-electron chi connectivity index (χ4n) is 3.53. The topological polar surface area (TPSA) is 84.3 Å². The van der Waals surface area contributed by atoms with Crippen molar-refractivity contribution in [3.63, 3.8) is 0 Å². The van der Waals surface area contributed by atoms with Gasteiger partial charge in [0.1, 0.15) is 4.90 Å². The first-order valence-electron chi connectivity index (χ1n) is 10.2. The number of nitrogens with one attached hydrogen (secondary N) is 1. The summed E-state index contributed by atoms with van der Waals surface area (Å²) < 4.78 is 29.3. The quantitative estimate of drug-likeness (QED) is 0.597. The van der Waals surface area contributed by atoms with Crippen LogP contribution in [-0.2, 0) is 14.8 Å². The maximum Gasteiger partial charge on any atom is 0.248 e. The summed E-state index contributed by atoms with van der Waals surface area (Å²) in [5.41, 5.74) is 1.96. The number of sulfonamides is 1. The summed E-state index contributed by atoms with van der Waals surface area (Å²) in [4.78, 5) is 12.6. The molecule has 0 radical (unpaired) electrons. The average Bonchev–Trinajstić information content (AvgIpc) is 3.28. The van der Waals surface area contributed by atoms with Gasteiger partial charge in [0.25, 0.3) is 0 Å². The fourth-order valence-corrected chi connectivity index (χ4v) is 5.19. The number of rotatable bonds is 6. The van der Waals surface area contributed by atoms with Crippen molar-refractivity contribution in [2.75, 3.05) is 18.4 Å². The molecular weight excluding hydrogens is 412 g/mol. The Labute approximate surface area is 182 Å². The number of hydrogen-bond acceptors (Lipinski definition) is 4. The van der Waals surface area contributed by atoms with E-state index in [1.54, 1.807) is 35.2 Å². The van der Waals surface area contributed by atoms with Crippen molar-refractivity contribution in [3.05, 3.63) is 78.6 Å². The molecule has 1 fully saturated rings. The van der Waals surface area contributed by atoms with Crippen LogP contribution in [0.15, 0.2) is 78.0 Å². The molecule has 2 aromatic carbocycles. The highest BCUT2D eigenvalue weighted by Crippen LogP contribution is 2.26. The van der Waals surface area contributed by atoms with Gasteiger partial charge in [0.05, 0.1) is 17.6 Å². The molecule has 7 nitrogen and oxygen atoms in total. The zero-order chi connectivity index (χ0) is 21.7. The van der Waals surface area contributed by atoms with Crippen molar-refractivity contribution >= 4 is 27.7 Å². The van der Waals surface area contributed by atoms with Gasteiger partial charge in [0.2, 0.25) is 15.9 Å². The van der Waals surface area contributed by atoms with Gasteiger partial charge in [-0.1, -0.05) is 36.8 Å². The molecule has 0 unspecified atom stereocenters. The Morgan fingerprint density at radius 2 is 1.68 bits per heavy atom.